The van der Waals surface area contributed by atoms with Crippen LogP contribution in [0, 0.1) is 0 Å². The van der Waals surface area contributed by atoms with Crippen molar-refractivity contribution in [1.82, 2.24) is 5.16 Å². The molecule has 0 bridgehead atoms. The molecule has 0 aliphatic rings. The van der Waals surface area contributed by atoms with Gasteiger partial charge < -0.3 is 10.3 Å². The molecule has 0 unspecified atom stereocenters. The van der Waals surface area contributed by atoms with Gasteiger partial charge >= 0.3 is 0 Å². The summed E-state index contributed by atoms with van der Waals surface area (Å²) in [6.45, 7) is 5.98. The van der Waals surface area contributed by atoms with Gasteiger partial charge in [-0.2, -0.15) is 0 Å². The van der Waals surface area contributed by atoms with E-state index in [0.29, 0.717) is 5.69 Å². The molecule has 58 valence electrons. The van der Waals surface area contributed by atoms with Gasteiger partial charge in [-0.3, -0.25) is 0 Å². The van der Waals surface area contributed by atoms with Crippen molar-refractivity contribution >= 4 is 5.69 Å². The fourth-order valence-corrected chi connectivity index (χ4v) is 0.536. The highest BCUT2D eigenvalue weighted by Crippen LogP contribution is 2.07. The van der Waals surface area contributed by atoms with E-state index in [0.717, 1.165) is 12.1 Å². The van der Waals surface area contributed by atoms with Gasteiger partial charge in [-0.05, 0) is 6.42 Å². The van der Waals surface area contributed by atoms with Crippen LogP contribution in [0.2, 0.25) is 0 Å². The van der Waals surface area contributed by atoms with Crippen molar-refractivity contribution in [3.63, 3.8) is 0 Å². The number of nitrogens with zero attached hydrogens (tertiary/aromatic N) is 1. The molecule has 0 atom stereocenters. The Labute approximate surface area is 61.2 Å². The molecule has 1 aromatic heterocycles. The molecule has 3 nitrogen and oxygen atoms in total. The molecule has 0 spiro atoms. The molecule has 0 aliphatic carbocycles. The van der Waals surface area contributed by atoms with Gasteiger partial charge in [0.1, 0.15) is 12.0 Å². The van der Waals surface area contributed by atoms with E-state index in [-0.39, 0.29) is 0 Å². The fourth-order valence-electron chi connectivity index (χ4n) is 0.536. The summed E-state index contributed by atoms with van der Waals surface area (Å²) in [7, 11) is 0. The third-order valence-corrected chi connectivity index (χ3v) is 1.01. The predicted molar refractivity (Wildman–Crippen MR) is 41.6 cm³/mol. The zero-order chi connectivity index (χ0) is 7.98. The van der Waals surface area contributed by atoms with Gasteiger partial charge in [0.25, 0.3) is 0 Å². The number of hydrogen-bond donors (Lipinski definition) is 1. The Morgan fingerprint density at radius 1 is 1.60 bits per heavy atom. The van der Waals surface area contributed by atoms with Crippen LogP contribution < -0.4 is 5.73 Å². The number of anilines is 1. The number of hydrogen-bond acceptors (Lipinski definition) is 3. The smallest absolute Gasteiger partial charge is 0.147 e. The monoisotopic (exact) mass is 142 g/mol. The summed E-state index contributed by atoms with van der Waals surface area (Å²) in [4.78, 5) is 0. The van der Waals surface area contributed by atoms with Gasteiger partial charge in [-0.15, -0.1) is 0 Å². The summed E-state index contributed by atoms with van der Waals surface area (Å²) in [6, 6.07) is 0. The second-order valence-corrected chi connectivity index (χ2v) is 1.57. The molecule has 0 aromatic carbocycles. The zero-order valence-electron chi connectivity index (χ0n) is 6.72. The highest BCUT2D eigenvalue weighted by atomic mass is 16.5. The first-order chi connectivity index (χ1) is 4.84. The molecule has 0 fully saturated rings. The lowest BCUT2D eigenvalue weighted by molar-refractivity contribution is 0.412. The normalized spacial score (nSPS) is 8.30. The average Bonchev–Trinajstić information content (AvgIpc) is 2.39. The molecule has 0 radical (unpaired) electrons. The van der Waals surface area contributed by atoms with E-state index < -0.39 is 0 Å². The van der Waals surface area contributed by atoms with Crippen molar-refractivity contribution in [2.45, 2.75) is 27.2 Å². The summed E-state index contributed by atoms with van der Waals surface area (Å²) < 4.78 is 4.56. The minimum Gasteiger partial charge on any atom is -0.395 e. The maximum atomic E-state index is 5.39. The Morgan fingerprint density at radius 2 is 2.20 bits per heavy atom. The molecule has 10 heavy (non-hydrogen) atoms. The van der Waals surface area contributed by atoms with Crippen LogP contribution in [0.1, 0.15) is 26.5 Å². The van der Waals surface area contributed by atoms with E-state index in [2.05, 4.69) is 9.68 Å². The average molecular weight is 142 g/mol. The highest BCUT2D eigenvalue weighted by molar-refractivity contribution is 5.38. The van der Waals surface area contributed by atoms with E-state index >= 15 is 0 Å². The second-order valence-electron chi connectivity index (χ2n) is 1.57. The third kappa shape index (κ3) is 2.09. The van der Waals surface area contributed by atoms with Crippen LogP contribution in [-0.4, -0.2) is 5.16 Å². The summed E-state index contributed by atoms with van der Waals surface area (Å²) in [5.41, 5.74) is 6.88. The molecule has 2 N–H and O–H groups in total. The molecule has 0 aliphatic heterocycles. The van der Waals surface area contributed by atoms with E-state index in [9.17, 15) is 0 Å². The summed E-state index contributed by atoms with van der Waals surface area (Å²) in [5, 5.41) is 3.63. The van der Waals surface area contributed by atoms with Crippen molar-refractivity contribution < 1.29 is 4.52 Å². The van der Waals surface area contributed by atoms with E-state index in [4.69, 9.17) is 5.73 Å². The topological polar surface area (TPSA) is 52.0 Å². The van der Waals surface area contributed by atoms with Crippen LogP contribution in [0.3, 0.4) is 0 Å². The molecule has 3 heteroatoms. The molecule has 1 aromatic rings. The van der Waals surface area contributed by atoms with E-state index in [1.54, 1.807) is 0 Å². The predicted octanol–water partition coefficient (Wildman–Crippen LogP) is 1.85. The maximum Gasteiger partial charge on any atom is 0.147 e. The molecular weight excluding hydrogens is 128 g/mol. The summed E-state index contributed by atoms with van der Waals surface area (Å²) in [6.07, 6.45) is 2.28. The largest absolute Gasteiger partial charge is 0.395 e. The van der Waals surface area contributed by atoms with Crippen LogP contribution in [-0.2, 0) is 6.42 Å². The molecule has 0 saturated heterocycles. The first-order valence-electron chi connectivity index (χ1n) is 3.53. The van der Waals surface area contributed by atoms with Crippen LogP contribution in [0.15, 0.2) is 10.8 Å². The molecule has 1 rings (SSSR count). The Hall–Kier alpha value is -0.990. The molecule has 0 amide bonds. The van der Waals surface area contributed by atoms with Crippen molar-refractivity contribution in [3.05, 3.63) is 12.0 Å². The van der Waals surface area contributed by atoms with Crippen LogP contribution >= 0.6 is 0 Å². The van der Waals surface area contributed by atoms with Gasteiger partial charge in [0.15, 0.2) is 0 Å². The Balaban J connectivity index is 0.000000371. The number of aryl methyl sites for hydroxylation is 1. The number of rotatable bonds is 1. The summed E-state index contributed by atoms with van der Waals surface area (Å²) in [5.74, 6) is 0. The molecular formula is C7H14N2O. The van der Waals surface area contributed by atoms with Gasteiger partial charge in [0, 0.05) is 0 Å². The fraction of sp³-hybridized carbons (Fsp3) is 0.571. The molecule has 0 saturated carbocycles. The quantitative estimate of drug-likeness (QED) is 0.651. The third-order valence-electron chi connectivity index (χ3n) is 1.01. The van der Waals surface area contributed by atoms with Gasteiger partial charge in [-0.1, -0.05) is 25.9 Å². The van der Waals surface area contributed by atoms with Crippen LogP contribution in [0.5, 0.6) is 0 Å². The number of nitrogen functional groups attached to an aromatic ring is 1. The Kier molecular flexibility index (Phi) is 4.37. The number of nitrogens with two attached hydrogens (primary N) is 1. The van der Waals surface area contributed by atoms with Crippen molar-refractivity contribution in [2.75, 3.05) is 5.73 Å². The lowest BCUT2D eigenvalue weighted by Crippen LogP contribution is -1.87. The summed E-state index contributed by atoms with van der Waals surface area (Å²) >= 11 is 0. The van der Waals surface area contributed by atoms with Crippen molar-refractivity contribution in [1.29, 1.82) is 0 Å². The van der Waals surface area contributed by atoms with Crippen LogP contribution in [0.25, 0.3) is 0 Å². The Bertz CT molecular complexity index is 172. The lowest BCUT2D eigenvalue weighted by Gasteiger charge is -1.83. The van der Waals surface area contributed by atoms with E-state index in [1.807, 2.05) is 20.8 Å². The van der Waals surface area contributed by atoms with E-state index in [1.165, 1.54) is 6.26 Å². The SMILES string of the molecule is CC.CCc1nocc1N. The van der Waals surface area contributed by atoms with Gasteiger partial charge in [0.05, 0.1) is 5.69 Å². The van der Waals surface area contributed by atoms with Gasteiger partial charge in [-0.25, -0.2) is 0 Å². The standard InChI is InChI=1S/C5H8N2O.C2H6/c1-2-5-4(6)3-8-7-5;1-2/h3H,2,6H2,1H3;1-2H3. The highest BCUT2D eigenvalue weighted by Gasteiger charge is 1.97. The lowest BCUT2D eigenvalue weighted by atomic mass is 10.3. The first kappa shape index (κ1) is 9.01. The second kappa shape index (κ2) is 4.85. The van der Waals surface area contributed by atoms with Crippen molar-refractivity contribution in [3.8, 4) is 0 Å². The molecule has 1 heterocycles. The zero-order valence-corrected chi connectivity index (χ0v) is 6.72. The maximum absolute atomic E-state index is 5.39. The minimum absolute atomic E-state index is 0.646. The number of aromatic nitrogens is 1. The van der Waals surface area contributed by atoms with Crippen molar-refractivity contribution in [2.24, 2.45) is 0 Å². The first-order valence-corrected chi connectivity index (χ1v) is 3.53. The Morgan fingerprint density at radius 3 is 2.40 bits per heavy atom. The van der Waals surface area contributed by atoms with Crippen LogP contribution in [0.4, 0.5) is 5.69 Å². The minimum atomic E-state index is 0.646. The van der Waals surface area contributed by atoms with Gasteiger partial charge in [0.2, 0.25) is 0 Å².